The van der Waals surface area contributed by atoms with Gasteiger partial charge >= 0.3 is 5.97 Å². The molecule has 0 aliphatic heterocycles. The van der Waals surface area contributed by atoms with E-state index in [1.165, 1.54) is 7.11 Å². The minimum atomic E-state index is -0.273. The number of carbonyl (C=O) groups is 2. The predicted molar refractivity (Wildman–Crippen MR) is 71.0 cm³/mol. The van der Waals surface area contributed by atoms with Gasteiger partial charge in [0.2, 0.25) is 0 Å². The van der Waals surface area contributed by atoms with Crippen LogP contribution < -0.4 is 4.90 Å². The van der Waals surface area contributed by atoms with Crippen LogP contribution in [0.15, 0.2) is 24.3 Å². The Hall–Kier alpha value is -1.84. The summed E-state index contributed by atoms with van der Waals surface area (Å²) in [5.41, 5.74) is 1.62. The van der Waals surface area contributed by atoms with Crippen LogP contribution in [0.4, 0.5) is 5.69 Å². The van der Waals surface area contributed by atoms with Crippen LogP contribution in [0.25, 0.3) is 0 Å². The topological polar surface area (TPSA) is 46.6 Å². The molecule has 0 N–H and O–H groups in total. The first-order valence-electron chi connectivity index (χ1n) is 6.07. The average Bonchev–Trinajstić information content (AvgIpc) is 2.43. The quantitative estimate of drug-likeness (QED) is 0.573. The number of benzene rings is 1. The van der Waals surface area contributed by atoms with Crippen molar-refractivity contribution in [1.82, 2.24) is 0 Å². The number of carbonyl (C=O) groups excluding carboxylic acids is 2. The lowest BCUT2D eigenvalue weighted by Gasteiger charge is -2.21. The molecular formula is C14H19NO3. The Bertz CT molecular complexity index is 412. The summed E-state index contributed by atoms with van der Waals surface area (Å²) in [6, 6.07) is 7.30. The van der Waals surface area contributed by atoms with E-state index in [-0.39, 0.29) is 18.3 Å². The third kappa shape index (κ3) is 3.58. The van der Waals surface area contributed by atoms with Gasteiger partial charge in [-0.3, -0.25) is 9.59 Å². The molecule has 1 aromatic rings. The van der Waals surface area contributed by atoms with Gasteiger partial charge in [0.1, 0.15) is 6.54 Å². The Morgan fingerprint density at radius 3 is 2.22 bits per heavy atom. The van der Waals surface area contributed by atoms with Crippen molar-refractivity contribution in [2.45, 2.75) is 20.3 Å². The van der Waals surface area contributed by atoms with E-state index in [4.69, 9.17) is 0 Å². The van der Waals surface area contributed by atoms with Crippen LogP contribution in [0.1, 0.15) is 30.6 Å². The predicted octanol–water partition coefficient (Wildman–Crippen LogP) is 2.28. The fourth-order valence-corrected chi connectivity index (χ4v) is 1.67. The van der Waals surface area contributed by atoms with Gasteiger partial charge in [-0.2, -0.15) is 0 Å². The molecule has 0 aliphatic rings. The van der Waals surface area contributed by atoms with E-state index in [0.29, 0.717) is 18.5 Å². The zero-order valence-electron chi connectivity index (χ0n) is 11.1. The largest absolute Gasteiger partial charge is 0.468 e. The molecule has 4 heteroatoms. The van der Waals surface area contributed by atoms with Crippen molar-refractivity contribution in [3.63, 3.8) is 0 Å². The Labute approximate surface area is 108 Å². The van der Waals surface area contributed by atoms with Gasteiger partial charge in [0.15, 0.2) is 5.78 Å². The molecule has 0 fully saturated rings. The summed E-state index contributed by atoms with van der Waals surface area (Å²) in [7, 11) is 1.37. The third-order valence-corrected chi connectivity index (χ3v) is 2.80. The fourth-order valence-electron chi connectivity index (χ4n) is 1.67. The second-order valence-corrected chi connectivity index (χ2v) is 3.91. The Morgan fingerprint density at radius 1 is 1.17 bits per heavy atom. The van der Waals surface area contributed by atoms with E-state index >= 15 is 0 Å². The van der Waals surface area contributed by atoms with E-state index in [1.807, 2.05) is 30.9 Å². The Kier molecular flexibility index (Phi) is 5.36. The average molecular weight is 249 g/mol. The summed E-state index contributed by atoms with van der Waals surface area (Å²) in [6.45, 7) is 4.73. The summed E-state index contributed by atoms with van der Waals surface area (Å²) in [6.07, 6.45) is 0.499. The second-order valence-electron chi connectivity index (χ2n) is 3.91. The van der Waals surface area contributed by atoms with Crippen LogP contribution in [-0.2, 0) is 9.53 Å². The summed E-state index contributed by atoms with van der Waals surface area (Å²) >= 11 is 0. The number of hydrogen-bond donors (Lipinski definition) is 0. The Balaban J connectivity index is 2.81. The molecule has 0 aliphatic carbocycles. The first kappa shape index (κ1) is 14.2. The number of hydrogen-bond acceptors (Lipinski definition) is 4. The van der Waals surface area contributed by atoms with E-state index in [0.717, 1.165) is 5.69 Å². The van der Waals surface area contributed by atoms with Crippen LogP contribution >= 0.6 is 0 Å². The minimum absolute atomic E-state index is 0.123. The maximum Gasteiger partial charge on any atom is 0.325 e. The summed E-state index contributed by atoms with van der Waals surface area (Å²) in [5, 5.41) is 0. The van der Waals surface area contributed by atoms with Gasteiger partial charge in [0.05, 0.1) is 7.11 Å². The number of methoxy groups -OCH3 is 1. The lowest BCUT2D eigenvalue weighted by Crippen LogP contribution is -2.30. The van der Waals surface area contributed by atoms with Gasteiger partial charge in [-0.1, -0.05) is 6.92 Å². The maximum absolute atomic E-state index is 11.5. The maximum atomic E-state index is 11.5. The molecule has 4 nitrogen and oxygen atoms in total. The van der Waals surface area contributed by atoms with E-state index < -0.39 is 0 Å². The van der Waals surface area contributed by atoms with Crippen LogP contribution in [0, 0.1) is 0 Å². The molecule has 0 saturated heterocycles. The number of anilines is 1. The molecule has 0 heterocycles. The van der Waals surface area contributed by atoms with Gasteiger partial charge in [-0.15, -0.1) is 0 Å². The molecule has 1 rings (SSSR count). The molecule has 0 atom stereocenters. The fraction of sp³-hybridized carbons (Fsp3) is 0.429. The van der Waals surface area contributed by atoms with Gasteiger partial charge in [-0.25, -0.2) is 0 Å². The van der Waals surface area contributed by atoms with E-state index in [2.05, 4.69) is 4.74 Å². The van der Waals surface area contributed by atoms with Crippen LogP contribution in [0.2, 0.25) is 0 Å². The van der Waals surface area contributed by atoms with Gasteiger partial charge in [-0.05, 0) is 31.2 Å². The SMILES string of the molecule is CCC(=O)c1ccc(N(CC)CC(=O)OC)cc1. The van der Waals surface area contributed by atoms with Crippen molar-refractivity contribution >= 4 is 17.4 Å². The molecular weight excluding hydrogens is 230 g/mol. The van der Waals surface area contributed by atoms with E-state index in [9.17, 15) is 9.59 Å². The number of likely N-dealkylation sites (N-methyl/N-ethyl adjacent to an activating group) is 1. The van der Waals surface area contributed by atoms with Gasteiger partial charge in [0.25, 0.3) is 0 Å². The third-order valence-electron chi connectivity index (χ3n) is 2.80. The zero-order chi connectivity index (χ0) is 13.5. The highest BCUT2D eigenvalue weighted by Gasteiger charge is 2.10. The number of ketones is 1. The highest BCUT2D eigenvalue weighted by Crippen LogP contribution is 2.16. The highest BCUT2D eigenvalue weighted by atomic mass is 16.5. The molecule has 0 amide bonds. The molecule has 0 radical (unpaired) electrons. The number of Topliss-reactive ketones (excluding diaryl/α,β-unsaturated/α-hetero) is 1. The monoisotopic (exact) mass is 249 g/mol. The molecule has 0 bridgehead atoms. The first-order chi connectivity index (χ1) is 8.62. The smallest absolute Gasteiger partial charge is 0.325 e. The summed E-state index contributed by atoms with van der Waals surface area (Å²) in [5.74, 6) is -0.150. The van der Waals surface area contributed by atoms with Crippen LogP contribution in [0.3, 0.4) is 0 Å². The van der Waals surface area contributed by atoms with Crippen LogP contribution in [0.5, 0.6) is 0 Å². The molecule has 0 unspecified atom stereocenters. The summed E-state index contributed by atoms with van der Waals surface area (Å²) in [4.78, 5) is 24.7. The molecule has 0 spiro atoms. The van der Waals surface area contributed by atoms with Crippen molar-refractivity contribution in [2.75, 3.05) is 25.1 Å². The lowest BCUT2D eigenvalue weighted by atomic mass is 10.1. The second kappa shape index (κ2) is 6.79. The molecule has 18 heavy (non-hydrogen) atoms. The van der Waals surface area contributed by atoms with Crippen molar-refractivity contribution in [1.29, 1.82) is 0 Å². The highest BCUT2D eigenvalue weighted by molar-refractivity contribution is 5.96. The van der Waals surface area contributed by atoms with E-state index in [1.54, 1.807) is 12.1 Å². The van der Waals surface area contributed by atoms with Crippen LogP contribution in [-0.4, -0.2) is 32.0 Å². The standard InChI is InChI=1S/C14H19NO3/c1-4-13(16)11-6-8-12(9-7-11)15(5-2)10-14(17)18-3/h6-9H,4-5,10H2,1-3H3. The number of ether oxygens (including phenoxy) is 1. The zero-order valence-corrected chi connectivity index (χ0v) is 11.1. The molecule has 0 aromatic heterocycles. The van der Waals surface area contributed by atoms with Crippen molar-refractivity contribution < 1.29 is 14.3 Å². The number of rotatable bonds is 6. The number of esters is 1. The summed E-state index contributed by atoms with van der Waals surface area (Å²) < 4.78 is 4.65. The van der Waals surface area contributed by atoms with Gasteiger partial charge < -0.3 is 9.64 Å². The van der Waals surface area contributed by atoms with Gasteiger partial charge in [0, 0.05) is 24.2 Å². The normalized spacial score (nSPS) is 9.94. The van der Waals surface area contributed by atoms with Crippen molar-refractivity contribution in [2.24, 2.45) is 0 Å². The molecule has 98 valence electrons. The first-order valence-corrected chi connectivity index (χ1v) is 6.07. The number of nitrogens with zero attached hydrogens (tertiary/aromatic N) is 1. The lowest BCUT2D eigenvalue weighted by molar-refractivity contribution is -0.138. The van der Waals surface area contributed by atoms with Crippen molar-refractivity contribution in [3.8, 4) is 0 Å². The van der Waals surface area contributed by atoms with Crippen molar-refractivity contribution in [3.05, 3.63) is 29.8 Å². The Morgan fingerprint density at radius 2 is 1.78 bits per heavy atom. The molecule has 1 aromatic carbocycles. The molecule has 0 saturated carbocycles. The minimum Gasteiger partial charge on any atom is -0.468 e.